The van der Waals surface area contributed by atoms with Crippen LogP contribution in [0.5, 0.6) is 0 Å². The predicted molar refractivity (Wildman–Crippen MR) is 96.9 cm³/mol. The Balaban J connectivity index is 2.02. The second-order valence-corrected chi connectivity index (χ2v) is 6.04. The van der Waals surface area contributed by atoms with Crippen LogP contribution in [0.3, 0.4) is 0 Å². The van der Waals surface area contributed by atoms with Gasteiger partial charge in [0, 0.05) is 22.5 Å². The van der Waals surface area contributed by atoms with Crippen molar-refractivity contribution in [2.24, 2.45) is 0 Å². The molecule has 4 rings (SSSR count). The lowest BCUT2D eigenvalue weighted by atomic mass is 10.0. The number of aromatic nitrogens is 3. The van der Waals surface area contributed by atoms with E-state index in [1.54, 1.807) is 18.3 Å². The van der Waals surface area contributed by atoms with Gasteiger partial charge in [-0.25, -0.2) is 4.68 Å². The predicted octanol–water partition coefficient (Wildman–Crippen LogP) is 4.34. The van der Waals surface area contributed by atoms with Gasteiger partial charge in [0.05, 0.1) is 16.6 Å². The highest BCUT2D eigenvalue weighted by atomic mass is 35.5. The minimum atomic E-state index is -0.128. The topological polar surface area (TPSA) is 50.7 Å². The molecule has 0 spiro atoms. The number of halogens is 1. The minimum Gasteiger partial charge on any atom is -0.290 e. The molecule has 5 heteroatoms. The molecule has 2 aromatic carbocycles. The summed E-state index contributed by atoms with van der Waals surface area (Å²) in [5.74, 6) is 0. The normalized spacial score (nSPS) is 11.1. The van der Waals surface area contributed by atoms with E-state index in [-0.39, 0.29) is 5.56 Å². The van der Waals surface area contributed by atoms with E-state index in [0.717, 1.165) is 28.0 Å². The molecule has 4 nitrogen and oxygen atoms in total. The lowest BCUT2D eigenvalue weighted by Gasteiger charge is -2.06. The Bertz CT molecular complexity index is 1080. The van der Waals surface area contributed by atoms with E-state index in [9.17, 15) is 4.79 Å². The minimum absolute atomic E-state index is 0.128. The molecule has 0 aliphatic heterocycles. The van der Waals surface area contributed by atoms with Gasteiger partial charge < -0.3 is 0 Å². The van der Waals surface area contributed by atoms with E-state index in [2.05, 4.69) is 10.1 Å². The summed E-state index contributed by atoms with van der Waals surface area (Å²) in [6.07, 6.45) is 1.63. The van der Waals surface area contributed by atoms with E-state index in [1.165, 1.54) is 4.68 Å². The molecule has 24 heavy (non-hydrogen) atoms. The van der Waals surface area contributed by atoms with Crippen molar-refractivity contribution in [3.8, 4) is 16.8 Å². The fourth-order valence-corrected chi connectivity index (χ4v) is 3.02. The van der Waals surface area contributed by atoms with Gasteiger partial charge in [-0.3, -0.25) is 14.9 Å². The van der Waals surface area contributed by atoms with Crippen molar-refractivity contribution in [1.82, 2.24) is 14.8 Å². The molecular weight excluding hydrogens is 322 g/mol. The first-order valence-corrected chi connectivity index (χ1v) is 7.94. The maximum atomic E-state index is 12.8. The molecule has 0 bridgehead atoms. The monoisotopic (exact) mass is 335 g/mol. The average molecular weight is 336 g/mol. The lowest BCUT2D eigenvalue weighted by molar-refractivity contribution is 0.864. The number of hydrogen-bond donors (Lipinski definition) is 1. The highest BCUT2D eigenvalue weighted by Crippen LogP contribution is 2.28. The van der Waals surface area contributed by atoms with E-state index in [1.807, 2.05) is 49.4 Å². The summed E-state index contributed by atoms with van der Waals surface area (Å²) >= 11 is 5.94. The SMILES string of the molecule is Cc1ncc2c(=O)n(-c3ccc(Cl)cc3)[nH]c2c1-c1ccccc1. The molecule has 0 aliphatic rings. The summed E-state index contributed by atoms with van der Waals surface area (Å²) in [4.78, 5) is 17.2. The van der Waals surface area contributed by atoms with Crippen LogP contribution in [0, 0.1) is 6.92 Å². The number of rotatable bonds is 2. The molecule has 1 N–H and O–H groups in total. The molecule has 2 aromatic heterocycles. The van der Waals surface area contributed by atoms with Gasteiger partial charge in [-0.15, -0.1) is 0 Å². The summed E-state index contributed by atoms with van der Waals surface area (Å²) in [6.45, 7) is 1.94. The summed E-state index contributed by atoms with van der Waals surface area (Å²) < 4.78 is 1.52. The molecule has 0 fully saturated rings. The Morgan fingerprint density at radius 1 is 1.04 bits per heavy atom. The third-order valence-electron chi connectivity index (χ3n) is 4.07. The number of benzene rings is 2. The van der Waals surface area contributed by atoms with E-state index >= 15 is 0 Å². The first-order valence-electron chi connectivity index (χ1n) is 7.57. The Kier molecular flexibility index (Phi) is 3.47. The second-order valence-electron chi connectivity index (χ2n) is 5.60. The standard InChI is InChI=1S/C19H14ClN3O/c1-12-17(13-5-3-2-4-6-13)18-16(11-21-12)19(24)23(22-18)15-9-7-14(20)8-10-15/h2-11,22H,1H3. The van der Waals surface area contributed by atoms with Gasteiger partial charge in [-0.2, -0.15) is 0 Å². The van der Waals surface area contributed by atoms with Gasteiger partial charge in [0.2, 0.25) is 0 Å². The van der Waals surface area contributed by atoms with Crippen molar-refractivity contribution in [3.05, 3.63) is 81.9 Å². The number of H-pyrrole nitrogens is 1. The number of pyridine rings is 1. The fourth-order valence-electron chi connectivity index (χ4n) is 2.90. The maximum absolute atomic E-state index is 12.8. The molecule has 0 atom stereocenters. The Hall–Kier alpha value is -2.85. The molecule has 0 saturated carbocycles. The van der Waals surface area contributed by atoms with Crippen molar-refractivity contribution < 1.29 is 0 Å². The molecule has 0 amide bonds. The number of nitrogens with zero attached hydrogens (tertiary/aromatic N) is 2. The Morgan fingerprint density at radius 3 is 2.46 bits per heavy atom. The van der Waals surface area contributed by atoms with E-state index in [0.29, 0.717) is 10.4 Å². The van der Waals surface area contributed by atoms with Crippen LogP contribution in [0.1, 0.15) is 5.69 Å². The van der Waals surface area contributed by atoms with E-state index in [4.69, 9.17) is 11.6 Å². The molecule has 4 aromatic rings. The molecule has 0 saturated heterocycles. The van der Waals surface area contributed by atoms with Gasteiger partial charge in [0.25, 0.3) is 5.56 Å². The maximum Gasteiger partial charge on any atom is 0.280 e. The Morgan fingerprint density at radius 2 is 1.75 bits per heavy atom. The number of aromatic amines is 1. The molecule has 0 radical (unpaired) electrons. The fraction of sp³-hybridized carbons (Fsp3) is 0.0526. The van der Waals surface area contributed by atoms with Crippen molar-refractivity contribution >= 4 is 22.5 Å². The molecule has 2 heterocycles. The highest BCUT2D eigenvalue weighted by molar-refractivity contribution is 6.30. The zero-order valence-electron chi connectivity index (χ0n) is 13.0. The largest absolute Gasteiger partial charge is 0.290 e. The number of hydrogen-bond acceptors (Lipinski definition) is 2. The first kappa shape index (κ1) is 14.7. The number of fused-ring (bicyclic) bond motifs is 1. The highest BCUT2D eigenvalue weighted by Gasteiger charge is 2.15. The van der Waals surface area contributed by atoms with Gasteiger partial charge >= 0.3 is 0 Å². The van der Waals surface area contributed by atoms with Crippen LogP contribution in [-0.4, -0.2) is 14.8 Å². The Labute approximate surface area is 143 Å². The van der Waals surface area contributed by atoms with Gasteiger partial charge in [-0.1, -0.05) is 41.9 Å². The van der Waals surface area contributed by atoms with Crippen molar-refractivity contribution in [2.45, 2.75) is 6.92 Å². The van der Waals surface area contributed by atoms with Crippen LogP contribution in [0.25, 0.3) is 27.7 Å². The van der Waals surface area contributed by atoms with Crippen LogP contribution in [0.15, 0.2) is 65.6 Å². The zero-order chi connectivity index (χ0) is 16.7. The lowest BCUT2D eigenvalue weighted by Crippen LogP contribution is -2.14. The smallest absolute Gasteiger partial charge is 0.280 e. The van der Waals surface area contributed by atoms with Crippen LogP contribution in [0.4, 0.5) is 0 Å². The zero-order valence-corrected chi connectivity index (χ0v) is 13.7. The first-order chi connectivity index (χ1) is 11.6. The van der Waals surface area contributed by atoms with Crippen LogP contribution >= 0.6 is 11.6 Å². The molecule has 118 valence electrons. The molecule has 0 aliphatic carbocycles. The number of aryl methyl sites for hydroxylation is 1. The van der Waals surface area contributed by atoms with Gasteiger partial charge in [0.1, 0.15) is 0 Å². The quantitative estimate of drug-likeness (QED) is 0.592. The summed E-state index contributed by atoms with van der Waals surface area (Å²) in [7, 11) is 0. The summed E-state index contributed by atoms with van der Waals surface area (Å²) in [6, 6.07) is 17.1. The van der Waals surface area contributed by atoms with Crippen molar-refractivity contribution in [1.29, 1.82) is 0 Å². The molecule has 0 unspecified atom stereocenters. The van der Waals surface area contributed by atoms with Gasteiger partial charge in [-0.05, 0) is 36.8 Å². The second kappa shape index (κ2) is 5.65. The third kappa shape index (κ3) is 2.32. The van der Waals surface area contributed by atoms with Crippen LogP contribution in [-0.2, 0) is 0 Å². The molecular formula is C19H14ClN3O. The van der Waals surface area contributed by atoms with Crippen LogP contribution in [0.2, 0.25) is 5.02 Å². The average Bonchev–Trinajstić information content (AvgIpc) is 2.93. The van der Waals surface area contributed by atoms with Crippen LogP contribution < -0.4 is 5.56 Å². The van der Waals surface area contributed by atoms with E-state index < -0.39 is 0 Å². The third-order valence-corrected chi connectivity index (χ3v) is 4.32. The summed E-state index contributed by atoms with van der Waals surface area (Å²) in [5.41, 5.74) is 4.23. The van der Waals surface area contributed by atoms with Crippen molar-refractivity contribution in [2.75, 3.05) is 0 Å². The number of nitrogens with one attached hydrogen (secondary N) is 1. The van der Waals surface area contributed by atoms with Gasteiger partial charge in [0.15, 0.2) is 0 Å². The summed E-state index contributed by atoms with van der Waals surface area (Å²) in [5, 5.41) is 4.42. The van der Waals surface area contributed by atoms with Crippen molar-refractivity contribution in [3.63, 3.8) is 0 Å².